The van der Waals surface area contributed by atoms with Gasteiger partial charge < -0.3 is 15.5 Å². The molecule has 0 saturated carbocycles. The molecule has 1 aliphatic rings. The number of carbonyl (C=O) groups is 2. The number of thiocarbonyl (C=S) groups is 1. The van der Waals surface area contributed by atoms with Gasteiger partial charge in [0.25, 0.3) is 0 Å². The minimum absolute atomic E-state index is 0.0578. The molecule has 7 nitrogen and oxygen atoms in total. The quantitative estimate of drug-likeness (QED) is 0.170. The van der Waals surface area contributed by atoms with E-state index in [1.165, 1.54) is 24.4 Å². The highest BCUT2D eigenvalue weighted by Gasteiger charge is 2.35. The summed E-state index contributed by atoms with van der Waals surface area (Å²) in [6, 6.07) is 15.0. The Morgan fingerprint density at radius 2 is 1.58 bits per heavy atom. The first-order valence-corrected chi connectivity index (χ1v) is 9.71. The van der Waals surface area contributed by atoms with E-state index in [0.29, 0.717) is 0 Å². The number of ketones is 2. The van der Waals surface area contributed by atoms with E-state index in [1.54, 1.807) is 12.1 Å². The molecular weight excluding hydrogens is 414 g/mol. The highest BCUT2D eigenvalue weighted by atomic mass is 32.1. The maximum absolute atomic E-state index is 12.9. The molecule has 0 atom stereocenters. The van der Waals surface area contributed by atoms with Gasteiger partial charge in [-0.2, -0.15) is 5.10 Å². The lowest BCUT2D eigenvalue weighted by Gasteiger charge is -2.20. The standard InChI is InChI=1S/C23H17N3O4S/c1-12-6-8-14(9-7-12)25-23(31)26-24-11-13-10-17(27)18-19(20(13)28)22(30)16-5-3-2-4-15(16)21(18)29/h2-11,27-28H,1H3,(H2,25,26,31)/b24-11+. The van der Waals surface area contributed by atoms with Crippen LogP contribution in [0.2, 0.25) is 0 Å². The van der Waals surface area contributed by atoms with Gasteiger partial charge in [-0.05, 0) is 37.3 Å². The average molecular weight is 431 g/mol. The lowest BCUT2D eigenvalue weighted by molar-refractivity contribution is 0.0974. The summed E-state index contributed by atoms with van der Waals surface area (Å²) >= 11 is 5.17. The van der Waals surface area contributed by atoms with E-state index >= 15 is 0 Å². The van der Waals surface area contributed by atoms with Crippen LogP contribution in [-0.2, 0) is 0 Å². The Morgan fingerprint density at radius 3 is 2.23 bits per heavy atom. The van der Waals surface area contributed by atoms with Crippen LogP contribution >= 0.6 is 12.2 Å². The van der Waals surface area contributed by atoms with Gasteiger partial charge in [-0.3, -0.25) is 15.0 Å². The zero-order chi connectivity index (χ0) is 22.1. The molecule has 4 N–H and O–H groups in total. The van der Waals surface area contributed by atoms with E-state index in [0.717, 1.165) is 11.3 Å². The summed E-state index contributed by atoms with van der Waals surface area (Å²) in [5.74, 6) is -1.92. The number of aromatic hydroxyl groups is 2. The van der Waals surface area contributed by atoms with Gasteiger partial charge in [0, 0.05) is 22.4 Å². The van der Waals surface area contributed by atoms with Crippen LogP contribution in [0.5, 0.6) is 11.5 Å². The highest BCUT2D eigenvalue weighted by Crippen LogP contribution is 2.39. The van der Waals surface area contributed by atoms with Crippen LogP contribution in [0.1, 0.15) is 43.0 Å². The lowest BCUT2D eigenvalue weighted by Crippen LogP contribution is -2.24. The zero-order valence-electron chi connectivity index (χ0n) is 16.3. The van der Waals surface area contributed by atoms with Crippen LogP contribution in [-0.4, -0.2) is 33.1 Å². The number of hydrazone groups is 1. The van der Waals surface area contributed by atoms with Crippen molar-refractivity contribution in [3.63, 3.8) is 0 Å². The molecule has 0 radical (unpaired) electrons. The van der Waals surface area contributed by atoms with Crippen molar-refractivity contribution < 1.29 is 19.8 Å². The first-order valence-electron chi connectivity index (χ1n) is 9.31. The first kappa shape index (κ1) is 20.2. The van der Waals surface area contributed by atoms with E-state index in [9.17, 15) is 19.8 Å². The van der Waals surface area contributed by atoms with Crippen molar-refractivity contribution in [2.75, 3.05) is 5.32 Å². The Morgan fingerprint density at radius 1 is 0.968 bits per heavy atom. The van der Waals surface area contributed by atoms with Crippen LogP contribution in [0, 0.1) is 6.92 Å². The van der Waals surface area contributed by atoms with Crippen LogP contribution < -0.4 is 10.7 Å². The van der Waals surface area contributed by atoms with Crippen molar-refractivity contribution in [2.24, 2.45) is 5.10 Å². The topological polar surface area (TPSA) is 111 Å². The molecule has 0 heterocycles. The fraction of sp³-hybridized carbons (Fsp3) is 0.0435. The van der Waals surface area contributed by atoms with Gasteiger partial charge in [0.1, 0.15) is 11.5 Å². The van der Waals surface area contributed by atoms with Crippen LogP contribution in [0.4, 0.5) is 5.69 Å². The molecule has 8 heteroatoms. The van der Waals surface area contributed by atoms with E-state index in [1.807, 2.05) is 31.2 Å². The molecule has 0 aliphatic heterocycles. The molecule has 0 aromatic heterocycles. The summed E-state index contributed by atoms with van der Waals surface area (Å²) in [5, 5.41) is 28.2. The van der Waals surface area contributed by atoms with Crippen LogP contribution in [0.25, 0.3) is 0 Å². The summed E-state index contributed by atoms with van der Waals surface area (Å²) in [7, 11) is 0. The van der Waals surface area contributed by atoms with Crippen molar-refractivity contribution in [1.29, 1.82) is 0 Å². The summed E-state index contributed by atoms with van der Waals surface area (Å²) in [4.78, 5) is 25.6. The fourth-order valence-electron chi connectivity index (χ4n) is 3.33. The summed E-state index contributed by atoms with van der Waals surface area (Å²) in [5.41, 5.74) is 4.44. The van der Waals surface area contributed by atoms with Crippen molar-refractivity contribution in [3.05, 3.63) is 88.0 Å². The van der Waals surface area contributed by atoms with Crippen molar-refractivity contribution in [1.82, 2.24) is 5.43 Å². The maximum Gasteiger partial charge on any atom is 0.198 e. The monoisotopic (exact) mass is 431 g/mol. The number of hydrogen-bond acceptors (Lipinski definition) is 6. The molecule has 0 unspecified atom stereocenters. The predicted octanol–water partition coefficient (Wildman–Crippen LogP) is 3.50. The van der Waals surface area contributed by atoms with Crippen LogP contribution in [0.3, 0.4) is 0 Å². The normalized spacial score (nSPS) is 12.4. The van der Waals surface area contributed by atoms with Crippen molar-refractivity contribution in [3.8, 4) is 11.5 Å². The number of aryl methyl sites for hydroxylation is 1. The molecule has 0 saturated heterocycles. The van der Waals surface area contributed by atoms with Gasteiger partial charge in [-0.15, -0.1) is 0 Å². The molecule has 4 rings (SSSR count). The SMILES string of the molecule is Cc1ccc(NC(=S)N/N=C/c2cc(O)c3c(c2O)C(=O)c2ccccc2C3=O)cc1. The largest absolute Gasteiger partial charge is 0.507 e. The highest BCUT2D eigenvalue weighted by molar-refractivity contribution is 7.80. The van der Waals surface area contributed by atoms with E-state index < -0.39 is 23.1 Å². The molecule has 0 spiro atoms. The van der Waals surface area contributed by atoms with Gasteiger partial charge >= 0.3 is 0 Å². The van der Waals surface area contributed by atoms with Crippen molar-refractivity contribution in [2.45, 2.75) is 6.92 Å². The average Bonchev–Trinajstić information content (AvgIpc) is 2.75. The predicted molar refractivity (Wildman–Crippen MR) is 121 cm³/mol. The molecule has 31 heavy (non-hydrogen) atoms. The van der Waals surface area contributed by atoms with Gasteiger partial charge in [0.15, 0.2) is 16.7 Å². The van der Waals surface area contributed by atoms with E-state index in [4.69, 9.17) is 12.2 Å². The van der Waals surface area contributed by atoms with Gasteiger partial charge in [-0.25, -0.2) is 0 Å². The molecule has 1 aliphatic carbocycles. The Kier molecular flexibility index (Phi) is 5.22. The second-order valence-electron chi connectivity index (χ2n) is 6.98. The maximum atomic E-state index is 12.9. The molecule has 0 bridgehead atoms. The summed E-state index contributed by atoms with van der Waals surface area (Å²) < 4.78 is 0. The third-order valence-electron chi connectivity index (χ3n) is 4.86. The number of hydrogen-bond donors (Lipinski definition) is 4. The zero-order valence-corrected chi connectivity index (χ0v) is 17.2. The number of nitrogens with zero attached hydrogens (tertiary/aromatic N) is 1. The van der Waals surface area contributed by atoms with Crippen molar-refractivity contribution >= 4 is 40.8 Å². The number of fused-ring (bicyclic) bond motifs is 2. The number of phenols is 2. The van der Waals surface area contributed by atoms with Gasteiger partial charge in [0.05, 0.1) is 17.3 Å². The number of benzene rings is 3. The number of phenolic OH excluding ortho intramolecular Hbond substituents is 2. The summed E-state index contributed by atoms with van der Waals surface area (Å²) in [6.07, 6.45) is 1.21. The van der Waals surface area contributed by atoms with E-state index in [-0.39, 0.29) is 32.9 Å². The Bertz CT molecular complexity index is 1270. The third-order valence-corrected chi connectivity index (χ3v) is 5.05. The number of rotatable bonds is 3. The molecule has 0 amide bonds. The van der Waals surface area contributed by atoms with Gasteiger partial charge in [-0.1, -0.05) is 42.0 Å². The summed E-state index contributed by atoms with van der Waals surface area (Å²) in [6.45, 7) is 1.97. The van der Waals surface area contributed by atoms with Crippen LogP contribution in [0.15, 0.2) is 59.7 Å². The molecule has 3 aromatic rings. The minimum atomic E-state index is -0.544. The number of anilines is 1. The smallest absolute Gasteiger partial charge is 0.198 e. The van der Waals surface area contributed by atoms with E-state index in [2.05, 4.69) is 15.8 Å². The second kappa shape index (κ2) is 8.00. The Hall–Kier alpha value is -4.04. The van der Waals surface area contributed by atoms with Gasteiger partial charge in [0.2, 0.25) is 0 Å². The Balaban J connectivity index is 1.58. The second-order valence-corrected chi connectivity index (χ2v) is 7.39. The first-order chi connectivity index (χ1) is 14.9. The Labute approximate surface area is 183 Å². The molecular formula is C23H17N3O4S. The molecule has 0 fully saturated rings. The number of nitrogens with one attached hydrogen (secondary N) is 2. The minimum Gasteiger partial charge on any atom is -0.507 e. The molecule has 3 aromatic carbocycles. The number of carbonyl (C=O) groups excluding carboxylic acids is 2. The molecule has 154 valence electrons. The third kappa shape index (κ3) is 3.76. The lowest BCUT2D eigenvalue weighted by atomic mass is 9.82. The fourth-order valence-corrected chi connectivity index (χ4v) is 3.50.